The van der Waals surface area contributed by atoms with Gasteiger partial charge in [-0.3, -0.25) is 4.79 Å². The second-order valence-electron chi connectivity index (χ2n) is 3.99. The van der Waals surface area contributed by atoms with Crippen molar-refractivity contribution in [2.75, 3.05) is 18.0 Å². The molecule has 0 aliphatic rings. The fourth-order valence-corrected chi connectivity index (χ4v) is 1.21. The van der Waals surface area contributed by atoms with E-state index in [1.54, 1.807) is 18.2 Å². The van der Waals surface area contributed by atoms with Gasteiger partial charge in [-0.25, -0.2) is 0 Å². The highest BCUT2D eigenvalue weighted by molar-refractivity contribution is 5.96. The van der Waals surface area contributed by atoms with Gasteiger partial charge in [0.2, 0.25) is 0 Å². The molecule has 0 saturated heterocycles. The standard InChI is InChI=1S/C11H17N3O/c1-7(2)6-14-11(15)8-3-9(12)5-10(13)4-8/h3-5,7H,6,12-13H2,1-2H3,(H,14,15). The summed E-state index contributed by atoms with van der Waals surface area (Å²) < 4.78 is 0. The summed E-state index contributed by atoms with van der Waals surface area (Å²) in [6.45, 7) is 4.72. The lowest BCUT2D eigenvalue weighted by Crippen LogP contribution is -2.27. The molecule has 1 aromatic carbocycles. The number of hydrogen-bond donors (Lipinski definition) is 3. The van der Waals surface area contributed by atoms with E-state index in [9.17, 15) is 4.79 Å². The Morgan fingerprint density at radius 3 is 2.27 bits per heavy atom. The molecule has 0 unspecified atom stereocenters. The van der Waals surface area contributed by atoms with E-state index >= 15 is 0 Å². The van der Waals surface area contributed by atoms with Crippen LogP contribution in [-0.2, 0) is 0 Å². The quantitative estimate of drug-likeness (QED) is 0.652. The second-order valence-corrected chi connectivity index (χ2v) is 3.99. The molecule has 0 spiro atoms. The van der Waals surface area contributed by atoms with Crippen molar-refractivity contribution in [1.29, 1.82) is 0 Å². The summed E-state index contributed by atoms with van der Waals surface area (Å²) in [5.74, 6) is 0.287. The summed E-state index contributed by atoms with van der Waals surface area (Å²) in [6.07, 6.45) is 0. The number of hydrogen-bond acceptors (Lipinski definition) is 3. The molecule has 1 rings (SSSR count). The number of anilines is 2. The van der Waals surface area contributed by atoms with E-state index in [2.05, 4.69) is 5.32 Å². The molecule has 0 aliphatic carbocycles. The molecule has 5 N–H and O–H groups in total. The van der Waals surface area contributed by atoms with Gasteiger partial charge in [0.1, 0.15) is 0 Å². The van der Waals surface area contributed by atoms with E-state index in [-0.39, 0.29) is 5.91 Å². The van der Waals surface area contributed by atoms with Crippen LogP contribution in [-0.4, -0.2) is 12.5 Å². The van der Waals surface area contributed by atoms with Gasteiger partial charge in [-0.2, -0.15) is 0 Å². The highest BCUT2D eigenvalue weighted by Gasteiger charge is 2.07. The van der Waals surface area contributed by atoms with Crippen LogP contribution in [0.25, 0.3) is 0 Å². The molecule has 0 fully saturated rings. The van der Waals surface area contributed by atoms with Crippen LogP contribution in [0.2, 0.25) is 0 Å². The zero-order valence-corrected chi connectivity index (χ0v) is 9.08. The predicted octanol–water partition coefficient (Wildman–Crippen LogP) is 1.24. The number of rotatable bonds is 3. The van der Waals surface area contributed by atoms with Gasteiger partial charge in [0, 0.05) is 23.5 Å². The van der Waals surface area contributed by atoms with Gasteiger partial charge in [0.25, 0.3) is 5.91 Å². The van der Waals surface area contributed by atoms with Gasteiger partial charge in [-0.1, -0.05) is 13.8 Å². The Morgan fingerprint density at radius 1 is 1.27 bits per heavy atom. The van der Waals surface area contributed by atoms with Crippen molar-refractivity contribution in [3.05, 3.63) is 23.8 Å². The van der Waals surface area contributed by atoms with Crippen molar-refractivity contribution >= 4 is 17.3 Å². The van der Waals surface area contributed by atoms with Crippen LogP contribution in [0.4, 0.5) is 11.4 Å². The predicted molar refractivity (Wildman–Crippen MR) is 62.4 cm³/mol. The molecular formula is C11H17N3O. The van der Waals surface area contributed by atoms with Gasteiger partial charge in [-0.15, -0.1) is 0 Å². The Morgan fingerprint density at radius 2 is 1.80 bits per heavy atom. The van der Waals surface area contributed by atoms with E-state index in [1.807, 2.05) is 13.8 Å². The summed E-state index contributed by atoms with van der Waals surface area (Å²) in [4.78, 5) is 11.6. The van der Waals surface area contributed by atoms with E-state index < -0.39 is 0 Å². The topological polar surface area (TPSA) is 81.1 Å². The number of nitrogen functional groups attached to an aromatic ring is 2. The first-order chi connectivity index (χ1) is 6.99. The van der Waals surface area contributed by atoms with Gasteiger partial charge in [0.05, 0.1) is 0 Å². The lowest BCUT2D eigenvalue weighted by atomic mass is 10.1. The van der Waals surface area contributed by atoms with E-state index in [1.165, 1.54) is 0 Å². The Labute approximate surface area is 89.6 Å². The van der Waals surface area contributed by atoms with Crippen molar-refractivity contribution in [2.24, 2.45) is 5.92 Å². The summed E-state index contributed by atoms with van der Waals surface area (Å²) >= 11 is 0. The minimum absolute atomic E-state index is 0.136. The van der Waals surface area contributed by atoms with Crippen LogP contribution in [0.5, 0.6) is 0 Å². The Hall–Kier alpha value is -1.71. The van der Waals surface area contributed by atoms with Crippen molar-refractivity contribution in [2.45, 2.75) is 13.8 Å². The van der Waals surface area contributed by atoms with Crippen LogP contribution < -0.4 is 16.8 Å². The number of nitrogens with two attached hydrogens (primary N) is 2. The van der Waals surface area contributed by atoms with Crippen molar-refractivity contribution in [3.63, 3.8) is 0 Å². The van der Waals surface area contributed by atoms with Gasteiger partial charge in [-0.05, 0) is 24.1 Å². The van der Waals surface area contributed by atoms with Gasteiger partial charge >= 0.3 is 0 Å². The minimum Gasteiger partial charge on any atom is -0.399 e. The van der Waals surface area contributed by atoms with Crippen LogP contribution in [0.3, 0.4) is 0 Å². The lowest BCUT2D eigenvalue weighted by molar-refractivity contribution is 0.0949. The van der Waals surface area contributed by atoms with Crippen molar-refractivity contribution in [1.82, 2.24) is 5.32 Å². The van der Waals surface area contributed by atoms with E-state index in [0.717, 1.165) is 0 Å². The lowest BCUT2D eigenvalue weighted by Gasteiger charge is -2.08. The number of carbonyl (C=O) groups excluding carboxylic acids is 1. The normalized spacial score (nSPS) is 10.3. The molecule has 0 saturated carbocycles. The number of benzene rings is 1. The molecule has 4 nitrogen and oxygen atoms in total. The zero-order chi connectivity index (χ0) is 11.4. The molecule has 0 aliphatic heterocycles. The molecule has 1 amide bonds. The fourth-order valence-electron chi connectivity index (χ4n) is 1.21. The Kier molecular flexibility index (Phi) is 3.55. The first-order valence-corrected chi connectivity index (χ1v) is 4.93. The molecule has 0 atom stereocenters. The maximum Gasteiger partial charge on any atom is 0.251 e. The Bertz CT molecular complexity index is 341. The fraction of sp³-hybridized carbons (Fsp3) is 0.364. The third kappa shape index (κ3) is 3.50. The van der Waals surface area contributed by atoms with Crippen molar-refractivity contribution < 1.29 is 4.79 Å². The molecule has 4 heteroatoms. The maximum atomic E-state index is 11.6. The number of nitrogens with one attached hydrogen (secondary N) is 1. The first kappa shape index (κ1) is 11.4. The molecule has 15 heavy (non-hydrogen) atoms. The van der Waals surface area contributed by atoms with E-state index in [0.29, 0.717) is 29.4 Å². The van der Waals surface area contributed by atoms with Crippen LogP contribution in [0.1, 0.15) is 24.2 Å². The summed E-state index contributed by atoms with van der Waals surface area (Å²) in [5.41, 5.74) is 12.7. The van der Waals surface area contributed by atoms with Crippen LogP contribution >= 0.6 is 0 Å². The maximum absolute atomic E-state index is 11.6. The summed E-state index contributed by atoms with van der Waals surface area (Å²) in [5, 5.41) is 2.80. The molecular weight excluding hydrogens is 190 g/mol. The smallest absolute Gasteiger partial charge is 0.251 e. The van der Waals surface area contributed by atoms with Crippen LogP contribution in [0.15, 0.2) is 18.2 Å². The molecule has 82 valence electrons. The molecule has 0 aromatic heterocycles. The SMILES string of the molecule is CC(C)CNC(=O)c1cc(N)cc(N)c1. The average molecular weight is 207 g/mol. The molecule has 0 bridgehead atoms. The van der Waals surface area contributed by atoms with Gasteiger partial charge < -0.3 is 16.8 Å². The first-order valence-electron chi connectivity index (χ1n) is 4.93. The minimum atomic E-state index is -0.136. The highest BCUT2D eigenvalue weighted by atomic mass is 16.1. The van der Waals surface area contributed by atoms with Crippen molar-refractivity contribution in [3.8, 4) is 0 Å². The summed E-state index contributed by atoms with van der Waals surface area (Å²) in [6, 6.07) is 4.86. The third-order valence-corrected chi connectivity index (χ3v) is 1.91. The molecule has 0 radical (unpaired) electrons. The Balaban J connectivity index is 2.73. The zero-order valence-electron chi connectivity index (χ0n) is 9.08. The second kappa shape index (κ2) is 4.68. The highest BCUT2D eigenvalue weighted by Crippen LogP contribution is 2.13. The molecule has 0 heterocycles. The molecule has 1 aromatic rings. The third-order valence-electron chi connectivity index (χ3n) is 1.91. The van der Waals surface area contributed by atoms with Gasteiger partial charge in [0.15, 0.2) is 0 Å². The largest absolute Gasteiger partial charge is 0.399 e. The number of amides is 1. The van der Waals surface area contributed by atoms with E-state index in [4.69, 9.17) is 11.5 Å². The average Bonchev–Trinajstić information content (AvgIpc) is 2.12. The number of carbonyl (C=O) groups is 1. The summed E-state index contributed by atoms with van der Waals surface area (Å²) in [7, 11) is 0. The monoisotopic (exact) mass is 207 g/mol. The van der Waals surface area contributed by atoms with Crippen LogP contribution in [0, 0.1) is 5.92 Å².